The van der Waals surface area contributed by atoms with Gasteiger partial charge in [-0.2, -0.15) is 18.3 Å². The molecular weight excluding hydrogens is 391 g/mol. The van der Waals surface area contributed by atoms with E-state index in [0.29, 0.717) is 0 Å². The number of imidazole rings is 1. The maximum Gasteiger partial charge on any atom is 0.449 e. The average Bonchev–Trinajstić information content (AvgIpc) is 3.04. The molecule has 0 saturated carbocycles. The highest BCUT2D eigenvalue weighted by Gasteiger charge is 2.37. The number of para-hydroxylation sites is 2. The van der Waals surface area contributed by atoms with E-state index < -0.39 is 31.1 Å². The number of hydrogen-bond donors (Lipinski definition) is 3. The Kier molecular flexibility index (Phi) is 5.50. The minimum Gasteiger partial charge on any atom is -0.505 e. The predicted octanol–water partition coefficient (Wildman–Crippen LogP) is 2.11. The second-order valence-electron chi connectivity index (χ2n) is 6.09. The van der Waals surface area contributed by atoms with Gasteiger partial charge in [0.1, 0.15) is 12.3 Å². The third-order valence-electron chi connectivity index (χ3n) is 4.12. The lowest BCUT2D eigenvalue weighted by Crippen LogP contribution is -2.26. The highest BCUT2D eigenvalue weighted by Crippen LogP contribution is 2.31. The molecule has 3 aromatic rings. The van der Waals surface area contributed by atoms with Gasteiger partial charge < -0.3 is 14.8 Å². The molecule has 2 heterocycles. The van der Waals surface area contributed by atoms with E-state index in [0.717, 1.165) is 10.8 Å². The monoisotopic (exact) mass is 407 g/mol. The average molecular weight is 407 g/mol. The van der Waals surface area contributed by atoms with Crippen molar-refractivity contribution < 1.29 is 28.2 Å². The van der Waals surface area contributed by atoms with Crippen LogP contribution in [0.3, 0.4) is 0 Å². The molecule has 1 aromatic carbocycles. The third-order valence-corrected chi connectivity index (χ3v) is 4.12. The van der Waals surface area contributed by atoms with Crippen LogP contribution in [-0.2, 0) is 24.1 Å². The Balaban J connectivity index is 1.83. The molecule has 3 rings (SSSR count). The zero-order chi connectivity index (χ0) is 21.2. The van der Waals surface area contributed by atoms with E-state index >= 15 is 0 Å². The normalized spacial score (nSPS) is 12.0. The van der Waals surface area contributed by atoms with Gasteiger partial charge in [-0.15, -0.1) is 0 Å². The quantitative estimate of drug-likeness (QED) is 0.443. The highest BCUT2D eigenvalue weighted by molar-refractivity contribution is 5.87. The first kappa shape index (κ1) is 20.3. The number of hydrazone groups is 1. The molecule has 8 nitrogen and oxygen atoms in total. The van der Waals surface area contributed by atoms with Gasteiger partial charge in [-0.25, -0.2) is 10.4 Å². The molecule has 0 aliphatic rings. The zero-order valence-corrected chi connectivity index (χ0v) is 15.1. The van der Waals surface area contributed by atoms with Crippen LogP contribution in [0.4, 0.5) is 13.2 Å². The Hall–Kier alpha value is -3.47. The summed E-state index contributed by atoms with van der Waals surface area (Å²) in [5.74, 6) is -2.25. The van der Waals surface area contributed by atoms with E-state index in [1.165, 1.54) is 25.3 Å². The molecule has 0 radical (unpaired) electrons. The summed E-state index contributed by atoms with van der Waals surface area (Å²) in [6.45, 7) is 0.447. The smallest absolute Gasteiger partial charge is 0.449 e. The number of aliphatic hydroxyl groups excluding tert-OH is 1. The lowest BCUT2D eigenvalue weighted by atomic mass is 10.1. The van der Waals surface area contributed by atoms with Crippen LogP contribution >= 0.6 is 0 Å². The number of amides is 1. The van der Waals surface area contributed by atoms with Crippen molar-refractivity contribution in [3.63, 3.8) is 0 Å². The SMILES string of the molecule is Cc1ncc(CO)c(C=NNC(=O)Cn2c(C(F)(F)F)nc3ccccc32)c1O. The van der Waals surface area contributed by atoms with Crippen molar-refractivity contribution in [1.82, 2.24) is 20.0 Å². The lowest BCUT2D eigenvalue weighted by molar-refractivity contribution is -0.147. The minimum atomic E-state index is -4.74. The largest absolute Gasteiger partial charge is 0.505 e. The molecule has 0 atom stereocenters. The maximum atomic E-state index is 13.3. The van der Waals surface area contributed by atoms with E-state index in [2.05, 4.69) is 20.5 Å². The number of rotatable bonds is 5. The van der Waals surface area contributed by atoms with Crippen LogP contribution < -0.4 is 5.43 Å². The molecule has 0 unspecified atom stereocenters. The van der Waals surface area contributed by atoms with Gasteiger partial charge in [0.05, 0.1) is 29.5 Å². The first-order chi connectivity index (χ1) is 13.7. The summed E-state index contributed by atoms with van der Waals surface area (Å²) in [6, 6.07) is 5.94. The summed E-state index contributed by atoms with van der Waals surface area (Å²) in [7, 11) is 0. The fraction of sp³-hybridized carbons (Fsp3) is 0.222. The molecule has 1 amide bonds. The van der Waals surface area contributed by atoms with E-state index in [4.69, 9.17) is 0 Å². The summed E-state index contributed by atoms with van der Waals surface area (Å²) >= 11 is 0. The van der Waals surface area contributed by atoms with Crippen LogP contribution in [0.25, 0.3) is 11.0 Å². The summed E-state index contributed by atoms with van der Waals surface area (Å²) in [6.07, 6.45) is -2.31. The molecule has 0 bridgehead atoms. The lowest BCUT2D eigenvalue weighted by Gasteiger charge is -2.10. The van der Waals surface area contributed by atoms with Gasteiger partial charge in [0.25, 0.3) is 5.91 Å². The van der Waals surface area contributed by atoms with Crippen molar-refractivity contribution >= 4 is 23.2 Å². The number of aromatic hydroxyl groups is 1. The number of halogens is 3. The van der Waals surface area contributed by atoms with Crippen molar-refractivity contribution in [1.29, 1.82) is 0 Å². The van der Waals surface area contributed by atoms with E-state index in [1.807, 2.05) is 0 Å². The Labute approximate surface area is 162 Å². The topological polar surface area (TPSA) is 113 Å². The molecule has 0 aliphatic carbocycles. The number of hydrogen-bond acceptors (Lipinski definition) is 6. The van der Waals surface area contributed by atoms with Gasteiger partial charge in [-0.3, -0.25) is 9.78 Å². The highest BCUT2D eigenvalue weighted by atomic mass is 19.4. The van der Waals surface area contributed by atoms with Gasteiger partial charge >= 0.3 is 6.18 Å². The first-order valence-electron chi connectivity index (χ1n) is 8.35. The Morgan fingerprint density at radius 1 is 1.34 bits per heavy atom. The molecule has 152 valence electrons. The van der Waals surface area contributed by atoms with E-state index in [9.17, 15) is 28.2 Å². The van der Waals surface area contributed by atoms with Gasteiger partial charge in [-0.1, -0.05) is 12.1 Å². The third kappa shape index (κ3) is 4.19. The fourth-order valence-corrected chi connectivity index (χ4v) is 2.72. The number of aryl methyl sites for hydroxylation is 1. The zero-order valence-electron chi connectivity index (χ0n) is 15.1. The number of aliphatic hydroxyl groups is 1. The van der Waals surface area contributed by atoms with Crippen molar-refractivity contribution in [2.45, 2.75) is 26.3 Å². The Morgan fingerprint density at radius 2 is 2.07 bits per heavy atom. The van der Waals surface area contributed by atoms with Crippen LogP contribution in [0.2, 0.25) is 0 Å². The first-order valence-corrected chi connectivity index (χ1v) is 8.35. The number of nitrogens with zero attached hydrogens (tertiary/aromatic N) is 4. The Morgan fingerprint density at radius 3 is 2.76 bits per heavy atom. The van der Waals surface area contributed by atoms with Gasteiger partial charge in [0.2, 0.25) is 5.82 Å². The van der Waals surface area contributed by atoms with Crippen LogP contribution in [0, 0.1) is 6.92 Å². The predicted molar refractivity (Wildman–Crippen MR) is 97.0 cm³/mol. The summed E-state index contributed by atoms with van der Waals surface area (Å²) < 4.78 is 40.6. The van der Waals surface area contributed by atoms with Crippen molar-refractivity contribution in [2.24, 2.45) is 5.10 Å². The van der Waals surface area contributed by atoms with Crippen LogP contribution in [0.1, 0.15) is 22.6 Å². The molecule has 2 aromatic heterocycles. The number of fused-ring (bicyclic) bond motifs is 1. The van der Waals surface area contributed by atoms with E-state index in [-0.39, 0.29) is 33.6 Å². The Bertz CT molecular complexity index is 1090. The van der Waals surface area contributed by atoms with Gasteiger partial charge in [-0.05, 0) is 19.1 Å². The number of benzene rings is 1. The van der Waals surface area contributed by atoms with Crippen molar-refractivity contribution in [3.05, 3.63) is 53.1 Å². The number of nitrogens with one attached hydrogen (secondary N) is 1. The summed E-state index contributed by atoms with van der Waals surface area (Å²) in [5.41, 5.74) is 3.08. The second kappa shape index (κ2) is 7.87. The number of carbonyl (C=O) groups excluding carboxylic acids is 1. The summed E-state index contributed by atoms with van der Waals surface area (Å²) in [4.78, 5) is 19.6. The molecule has 0 spiro atoms. The van der Waals surface area contributed by atoms with Gasteiger partial charge in [0, 0.05) is 17.3 Å². The molecule has 0 aliphatic heterocycles. The molecule has 0 saturated heterocycles. The summed E-state index contributed by atoms with van der Waals surface area (Å²) in [5, 5.41) is 23.0. The second-order valence-corrected chi connectivity index (χ2v) is 6.09. The van der Waals surface area contributed by atoms with Crippen molar-refractivity contribution in [2.75, 3.05) is 0 Å². The minimum absolute atomic E-state index is 0.112. The molecule has 0 fully saturated rings. The van der Waals surface area contributed by atoms with Crippen molar-refractivity contribution in [3.8, 4) is 5.75 Å². The molecule has 11 heteroatoms. The number of carbonyl (C=O) groups is 1. The standard InChI is InChI=1S/C18H16F3N5O3/c1-10-16(29)12(11(9-27)6-22-10)7-23-25-15(28)8-26-14-5-3-2-4-13(14)24-17(26)18(19,20)21/h2-7,27,29H,8-9H2,1H3,(H,25,28). The van der Waals surface area contributed by atoms with Crippen LogP contribution in [0.5, 0.6) is 5.75 Å². The van der Waals surface area contributed by atoms with Gasteiger partial charge in [0.15, 0.2) is 0 Å². The number of aromatic nitrogens is 3. The maximum absolute atomic E-state index is 13.3. The number of pyridine rings is 1. The van der Waals surface area contributed by atoms with Crippen LogP contribution in [-0.4, -0.2) is 36.9 Å². The molecular formula is C18H16F3N5O3. The molecule has 3 N–H and O–H groups in total. The van der Waals surface area contributed by atoms with Crippen LogP contribution in [0.15, 0.2) is 35.6 Å². The fourth-order valence-electron chi connectivity index (χ4n) is 2.72. The molecule has 29 heavy (non-hydrogen) atoms. The van der Waals surface area contributed by atoms with E-state index in [1.54, 1.807) is 12.1 Å². The number of alkyl halides is 3.